The molecule has 0 aliphatic carbocycles. The lowest BCUT2D eigenvalue weighted by molar-refractivity contribution is 0.786. The number of rotatable bonds is 2. The van der Waals surface area contributed by atoms with E-state index in [1.54, 1.807) is 29.6 Å². The zero-order valence-corrected chi connectivity index (χ0v) is 17.3. The molecule has 0 amide bonds. The Kier molecular flexibility index (Phi) is 5.25. The van der Waals surface area contributed by atoms with Crippen LogP contribution in [0.1, 0.15) is 52.7 Å². The number of thiol groups is 1. The molecule has 0 atom stereocenters. The summed E-state index contributed by atoms with van der Waals surface area (Å²) in [4.78, 5) is 1.84. The Labute approximate surface area is 157 Å². The molecule has 0 radical (unpaired) electrons. The van der Waals surface area contributed by atoms with Crippen molar-refractivity contribution in [2.24, 2.45) is 0 Å². The van der Waals surface area contributed by atoms with Crippen molar-refractivity contribution >= 4 is 41.7 Å². The topological polar surface area (TPSA) is 52.0 Å². The smallest absolute Gasteiger partial charge is 0.103 e. The largest absolute Gasteiger partial charge is 0.308 e. The zero-order chi connectivity index (χ0) is 18.3. The summed E-state index contributed by atoms with van der Waals surface area (Å²) in [5.41, 5.74) is 1.50. The molecule has 0 N–H and O–H groups in total. The van der Waals surface area contributed by atoms with Crippen LogP contribution in [0.5, 0.6) is 0 Å². The highest BCUT2D eigenvalue weighted by atomic mass is 32.2. The molecular formula is C18H21N3S3. The maximum atomic E-state index is 9.58. The first-order chi connectivity index (χ1) is 11.0. The number of hydrogen-bond donors (Lipinski definition) is 1. The van der Waals surface area contributed by atoms with E-state index < -0.39 is 0 Å². The highest BCUT2D eigenvalue weighted by molar-refractivity contribution is 8.03. The van der Waals surface area contributed by atoms with Gasteiger partial charge in [0, 0.05) is 20.6 Å². The average molecular weight is 376 g/mol. The van der Waals surface area contributed by atoms with Crippen LogP contribution in [0.25, 0.3) is 5.52 Å². The van der Waals surface area contributed by atoms with E-state index >= 15 is 0 Å². The van der Waals surface area contributed by atoms with Crippen molar-refractivity contribution in [2.45, 2.75) is 65.9 Å². The lowest BCUT2D eigenvalue weighted by Crippen LogP contribution is -2.10. The lowest BCUT2D eigenvalue weighted by atomic mass is 10.1. The molecule has 0 saturated carbocycles. The predicted octanol–water partition coefficient (Wildman–Crippen LogP) is 5.75. The van der Waals surface area contributed by atoms with E-state index in [2.05, 4.69) is 53.7 Å². The molecule has 0 aliphatic rings. The van der Waals surface area contributed by atoms with Crippen molar-refractivity contribution in [3.8, 4) is 12.1 Å². The number of fused-ring (bicyclic) bond motifs is 1. The number of nitrogens with zero attached hydrogens (tertiary/aromatic N) is 3. The van der Waals surface area contributed by atoms with Gasteiger partial charge in [0.2, 0.25) is 0 Å². The molecule has 126 valence electrons. The van der Waals surface area contributed by atoms with E-state index in [9.17, 15) is 10.5 Å². The van der Waals surface area contributed by atoms with E-state index in [-0.39, 0.29) is 9.49 Å². The normalized spacial score (nSPS) is 12.2. The number of aromatic nitrogens is 1. The van der Waals surface area contributed by atoms with Gasteiger partial charge in [0.25, 0.3) is 0 Å². The summed E-state index contributed by atoms with van der Waals surface area (Å²) in [6, 6.07) is 6.00. The van der Waals surface area contributed by atoms with Crippen LogP contribution < -0.4 is 0 Å². The minimum absolute atomic E-state index is 0.0144. The Morgan fingerprint density at radius 1 is 1.00 bits per heavy atom. The first kappa shape index (κ1) is 19.1. The van der Waals surface area contributed by atoms with Crippen molar-refractivity contribution in [2.75, 3.05) is 0 Å². The number of thioether (sulfide) groups is 2. The summed E-state index contributed by atoms with van der Waals surface area (Å²) in [5.74, 6) is 0. The molecule has 2 rings (SSSR count). The maximum Gasteiger partial charge on any atom is 0.103 e. The Bertz CT molecular complexity index is 869. The van der Waals surface area contributed by atoms with Crippen molar-refractivity contribution in [1.82, 2.24) is 4.40 Å². The predicted molar refractivity (Wildman–Crippen MR) is 105 cm³/mol. The molecule has 2 heterocycles. The van der Waals surface area contributed by atoms with E-state index in [1.807, 2.05) is 10.6 Å². The monoisotopic (exact) mass is 375 g/mol. The summed E-state index contributed by atoms with van der Waals surface area (Å²) in [7, 11) is 0. The minimum atomic E-state index is 0.0144. The molecule has 6 heteroatoms. The van der Waals surface area contributed by atoms with E-state index in [0.717, 1.165) is 20.3 Å². The molecule has 3 nitrogen and oxygen atoms in total. The first-order valence-corrected chi connectivity index (χ1v) is 9.64. The summed E-state index contributed by atoms with van der Waals surface area (Å²) in [6.45, 7) is 13.0. The molecule has 0 aromatic carbocycles. The highest BCUT2D eigenvalue weighted by Gasteiger charge is 2.27. The fourth-order valence-electron chi connectivity index (χ4n) is 2.26. The van der Waals surface area contributed by atoms with Crippen LogP contribution in [0.2, 0.25) is 0 Å². The fraction of sp³-hybridized carbons (Fsp3) is 0.444. The quantitative estimate of drug-likeness (QED) is 0.536. The average Bonchev–Trinajstić information content (AvgIpc) is 2.68. The van der Waals surface area contributed by atoms with Gasteiger partial charge < -0.3 is 4.40 Å². The molecule has 0 spiro atoms. The van der Waals surface area contributed by atoms with Crippen LogP contribution in [0.4, 0.5) is 0 Å². The lowest BCUT2D eigenvalue weighted by Gasteiger charge is -2.22. The van der Waals surface area contributed by atoms with Crippen molar-refractivity contribution in [1.29, 1.82) is 10.5 Å². The molecule has 2 aromatic heterocycles. The van der Waals surface area contributed by atoms with Crippen LogP contribution in [0, 0.1) is 22.7 Å². The van der Waals surface area contributed by atoms with Gasteiger partial charge >= 0.3 is 0 Å². The van der Waals surface area contributed by atoms with E-state index in [1.165, 1.54) is 0 Å². The summed E-state index contributed by atoms with van der Waals surface area (Å²) >= 11 is 8.24. The zero-order valence-electron chi connectivity index (χ0n) is 14.8. The molecule has 0 bridgehead atoms. The van der Waals surface area contributed by atoms with Gasteiger partial charge in [-0.15, -0.1) is 36.2 Å². The number of pyridine rings is 1. The molecule has 0 unspecified atom stereocenters. The van der Waals surface area contributed by atoms with Crippen LogP contribution in [-0.2, 0) is 0 Å². The van der Waals surface area contributed by atoms with Crippen LogP contribution >= 0.6 is 36.2 Å². The second kappa shape index (κ2) is 6.59. The molecule has 0 saturated heterocycles. The third-order valence-electron chi connectivity index (χ3n) is 3.03. The number of hydrogen-bond acceptors (Lipinski definition) is 5. The highest BCUT2D eigenvalue weighted by Crippen LogP contribution is 2.48. The summed E-state index contributed by atoms with van der Waals surface area (Å²) in [6.07, 6.45) is 1.87. The van der Waals surface area contributed by atoms with E-state index in [4.69, 9.17) is 12.6 Å². The van der Waals surface area contributed by atoms with Gasteiger partial charge in [0.1, 0.15) is 12.1 Å². The molecular weight excluding hydrogens is 354 g/mol. The Balaban J connectivity index is 2.88. The van der Waals surface area contributed by atoms with Gasteiger partial charge in [-0.2, -0.15) is 10.5 Å². The van der Waals surface area contributed by atoms with Crippen molar-refractivity contribution in [3.63, 3.8) is 0 Å². The van der Waals surface area contributed by atoms with Gasteiger partial charge in [-0.3, -0.25) is 0 Å². The van der Waals surface area contributed by atoms with Gasteiger partial charge in [-0.25, -0.2) is 0 Å². The van der Waals surface area contributed by atoms with Crippen LogP contribution in [-0.4, -0.2) is 13.9 Å². The van der Waals surface area contributed by atoms with Crippen molar-refractivity contribution in [3.05, 3.63) is 23.4 Å². The number of nitriles is 2. The Morgan fingerprint density at radius 3 is 2.04 bits per heavy atom. The van der Waals surface area contributed by atoms with Crippen LogP contribution in [0.3, 0.4) is 0 Å². The third-order valence-corrected chi connectivity index (χ3v) is 6.17. The molecule has 24 heavy (non-hydrogen) atoms. The molecule has 0 aliphatic heterocycles. The SMILES string of the molecule is CC(C)(C)Sc1c(S)c2c(C#N)c(C#N)ccn2c1SC(C)(C)C. The van der Waals surface area contributed by atoms with Gasteiger partial charge in [0.05, 0.1) is 26.6 Å². The Hall–Kier alpha value is -1.21. The minimum Gasteiger partial charge on any atom is -0.308 e. The fourth-order valence-corrected chi connectivity index (χ4v) is 5.07. The first-order valence-electron chi connectivity index (χ1n) is 7.56. The van der Waals surface area contributed by atoms with Gasteiger partial charge in [-0.05, 0) is 6.07 Å². The molecule has 0 fully saturated rings. The molecule has 2 aromatic rings. The summed E-state index contributed by atoms with van der Waals surface area (Å²) < 4.78 is 2.04. The van der Waals surface area contributed by atoms with E-state index in [0.29, 0.717) is 11.1 Å². The summed E-state index contributed by atoms with van der Waals surface area (Å²) in [5, 5.41) is 20.0. The second-order valence-electron chi connectivity index (χ2n) is 7.46. The van der Waals surface area contributed by atoms with Gasteiger partial charge in [0.15, 0.2) is 0 Å². The second-order valence-corrected chi connectivity index (χ2v) is 11.6. The Morgan fingerprint density at radius 2 is 1.58 bits per heavy atom. The van der Waals surface area contributed by atoms with Gasteiger partial charge in [-0.1, -0.05) is 41.5 Å². The maximum absolute atomic E-state index is 9.58. The van der Waals surface area contributed by atoms with Crippen molar-refractivity contribution < 1.29 is 0 Å². The van der Waals surface area contributed by atoms with Crippen LogP contribution in [0.15, 0.2) is 27.1 Å². The standard InChI is InChI=1S/C18H21N3S3/c1-17(2,3)23-15-14(22)13-12(10-20)11(9-19)7-8-21(13)16(15)24-18(4,5)6/h7-8,22H,1-6H3. The third kappa shape index (κ3) is 3.88.